The Bertz CT molecular complexity index is 475. The first-order valence-corrected chi connectivity index (χ1v) is 3.58. The molecule has 12 heavy (non-hydrogen) atoms. The molecule has 0 aliphatic heterocycles. The summed E-state index contributed by atoms with van der Waals surface area (Å²) in [5.41, 5.74) is 1.33. The number of aromatic nitrogens is 3. The Balaban J connectivity index is 2.96. The van der Waals surface area contributed by atoms with Crippen molar-refractivity contribution in [1.29, 1.82) is 0 Å². The zero-order valence-corrected chi connectivity index (χ0v) is 6.53. The number of H-pyrrole nitrogens is 1. The third-order valence-electron chi connectivity index (χ3n) is 1.74. The Morgan fingerprint density at radius 3 is 3.08 bits per heavy atom. The van der Waals surface area contributed by atoms with Crippen LogP contribution in [0, 0.1) is 6.92 Å². The van der Waals surface area contributed by atoms with Crippen molar-refractivity contribution >= 4 is 10.9 Å². The summed E-state index contributed by atoms with van der Waals surface area (Å²) in [7, 11) is 0. The third-order valence-corrected chi connectivity index (χ3v) is 1.74. The minimum absolute atomic E-state index is 0.326. The van der Waals surface area contributed by atoms with E-state index in [0.29, 0.717) is 0 Å². The summed E-state index contributed by atoms with van der Waals surface area (Å²) in [4.78, 5) is 21.1. The molecule has 60 valence electrons. The summed E-state index contributed by atoms with van der Waals surface area (Å²) in [5.74, 6) is 0. The fourth-order valence-electron chi connectivity index (χ4n) is 1.12. The van der Waals surface area contributed by atoms with Gasteiger partial charge in [0.15, 0.2) is 0 Å². The highest BCUT2D eigenvalue weighted by Crippen LogP contribution is 2.09. The van der Waals surface area contributed by atoms with E-state index in [9.17, 15) is 4.79 Å². The summed E-state index contributed by atoms with van der Waals surface area (Å²) in [6.45, 7) is 1.88. The molecule has 0 aromatic carbocycles. The molecule has 0 saturated carbocycles. The second kappa shape index (κ2) is 2.41. The van der Waals surface area contributed by atoms with Crippen molar-refractivity contribution in [2.45, 2.75) is 6.92 Å². The maximum absolute atomic E-state index is 10.8. The van der Waals surface area contributed by atoms with Crippen LogP contribution in [0.4, 0.5) is 0 Å². The molecule has 0 atom stereocenters. The number of aromatic amines is 1. The van der Waals surface area contributed by atoms with Crippen LogP contribution in [-0.2, 0) is 0 Å². The van der Waals surface area contributed by atoms with Gasteiger partial charge in [-0.25, -0.2) is 9.78 Å². The SMILES string of the molecule is Cc1nccc2[nH]c(=O)ncc12. The molecular weight excluding hydrogens is 154 g/mol. The lowest BCUT2D eigenvalue weighted by molar-refractivity contribution is 1.10. The molecule has 2 aromatic rings. The monoisotopic (exact) mass is 161 g/mol. The van der Waals surface area contributed by atoms with Gasteiger partial charge in [-0.15, -0.1) is 0 Å². The van der Waals surface area contributed by atoms with E-state index in [1.807, 2.05) is 6.92 Å². The van der Waals surface area contributed by atoms with Gasteiger partial charge < -0.3 is 4.98 Å². The molecule has 1 N–H and O–H groups in total. The smallest absolute Gasteiger partial charge is 0.305 e. The zero-order chi connectivity index (χ0) is 8.55. The topological polar surface area (TPSA) is 58.6 Å². The second-order valence-electron chi connectivity index (χ2n) is 2.55. The van der Waals surface area contributed by atoms with E-state index >= 15 is 0 Å². The van der Waals surface area contributed by atoms with Crippen molar-refractivity contribution in [2.75, 3.05) is 0 Å². The Labute approximate surface area is 68.3 Å². The molecule has 0 aliphatic carbocycles. The summed E-state index contributed by atoms with van der Waals surface area (Å²) in [6.07, 6.45) is 3.20. The van der Waals surface area contributed by atoms with Crippen molar-refractivity contribution in [3.05, 3.63) is 34.6 Å². The summed E-state index contributed by atoms with van der Waals surface area (Å²) >= 11 is 0. The number of fused-ring (bicyclic) bond motifs is 1. The fraction of sp³-hybridized carbons (Fsp3) is 0.125. The Morgan fingerprint density at radius 1 is 1.42 bits per heavy atom. The minimum atomic E-state index is -0.326. The van der Waals surface area contributed by atoms with E-state index in [1.165, 1.54) is 6.20 Å². The van der Waals surface area contributed by atoms with E-state index in [1.54, 1.807) is 12.3 Å². The number of pyridine rings is 1. The molecule has 0 bridgehead atoms. The standard InChI is InChI=1S/C8H7N3O/c1-5-6-4-10-8(12)11-7(6)2-3-9-5/h2-4H,1H3,(H,10,11,12). The van der Waals surface area contributed by atoms with Gasteiger partial charge in [-0.3, -0.25) is 4.98 Å². The van der Waals surface area contributed by atoms with Crippen LogP contribution < -0.4 is 5.69 Å². The van der Waals surface area contributed by atoms with Crippen LogP contribution in [0.5, 0.6) is 0 Å². The lowest BCUT2D eigenvalue weighted by Gasteiger charge is -1.97. The minimum Gasteiger partial charge on any atom is -0.305 e. The number of rotatable bonds is 0. The van der Waals surface area contributed by atoms with Crippen LogP contribution in [0.2, 0.25) is 0 Å². The van der Waals surface area contributed by atoms with Crippen LogP contribution in [0.3, 0.4) is 0 Å². The lowest BCUT2D eigenvalue weighted by atomic mass is 10.2. The largest absolute Gasteiger partial charge is 0.345 e. The van der Waals surface area contributed by atoms with Gasteiger partial charge in [-0.2, -0.15) is 0 Å². The maximum atomic E-state index is 10.8. The molecule has 0 amide bonds. The van der Waals surface area contributed by atoms with Crippen molar-refractivity contribution in [1.82, 2.24) is 15.0 Å². The van der Waals surface area contributed by atoms with Crippen LogP contribution in [0.25, 0.3) is 10.9 Å². The molecule has 4 nitrogen and oxygen atoms in total. The molecule has 0 radical (unpaired) electrons. The van der Waals surface area contributed by atoms with E-state index in [0.717, 1.165) is 16.6 Å². The molecule has 0 spiro atoms. The van der Waals surface area contributed by atoms with Gasteiger partial charge in [-0.05, 0) is 13.0 Å². The van der Waals surface area contributed by atoms with Crippen molar-refractivity contribution in [3.8, 4) is 0 Å². The number of nitrogens with one attached hydrogen (secondary N) is 1. The molecule has 2 rings (SSSR count). The van der Waals surface area contributed by atoms with Crippen molar-refractivity contribution < 1.29 is 0 Å². The average molecular weight is 161 g/mol. The molecule has 2 heterocycles. The third kappa shape index (κ3) is 0.972. The van der Waals surface area contributed by atoms with Crippen LogP contribution in [0.1, 0.15) is 5.69 Å². The Morgan fingerprint density at radius 2 is 2.25 bits per heavy atom. The maximum Gasteiger partial charge on any atom is 0.345 e. The average Bonchev–Trinajstić information content (AvgIpc) is 2.04. The van der Waals surface area contributed by atoms with Crippen LogP contribution in [0.15, 0.2) is 23.3 Å². The van der Waals surface area contributed by atoms with Crippen LogP contribution in [-0.4, -0.2) is 15.0 Å². The van der Waals surface area contributed by atoms with E-state index < -0.39 is 0 Å². The van der Waals surface area contributed by atoms with Crippen LogP contribution >= 0.6 is 0 Å². The van der Waals surface area contributed by atoms with Crippen molar-refractivity contribution in [3.63, 3.8) is 0 Å². The molecule has 4 heteroatoms. The number of aryl methyl sites for hydroxylation is 1. The van der Waals surface area contributed by atoms with E-state index in [-0.39, 0.29) is 5.69 Å². The van der Waals surface area contributed by atoms with Gasteiger partial charge in [0.2, 0.25) is 0 Å². The van der Waals surface area contributed by atoms with Gasteiger partial charge in [-0.1, -0.05) is 0 Å². The Hall–Kier alpha value is -1.71. The summed E-state index contributed by atoms with van der Waals surface area (Å²) in [5, 5.41) is 0.886. The zero-order valence-electron chi connectivity index (χ0n) is 6.53. The van der Waals surface area contributed by atoms with E-state index in [4.69, 9.17) is 0 Å². The Kier molecular flexibility index (Phi) is 1.40. The summed E-state index contributed by atoms with van der Waals surface area (Å²) in [6, 6.07) is 1.76. The lowest BCUT2D eigenvalue weighted by Crippen LogP contribution is -2.08. The molecular formula is C8H7N3O. The molecule has 2 aromatic heterocycles. The predicted molar refractivity (Wildman–Crippen MR) is 44.9 cm³/mol. The fourth-order valence-corrected chi connectivity index (χ4v) is 1.12. The first-order chi connectivity index (χ1) is 5.77. The first-order valence-electron chi connectivity index (χ1n) is 3.58. The highest BCUT2D eigenvalue weighted by molar-refractivity contribution is 5.78. The molecule has 0 fully saturated rings. The first kappa shape index (κ1) is 6.97. The quantitative estimate of drug-likeness (QED) is 0.616. The second-order valence-corrected chi connectivity index (χ2v) is 2.55. The number of nitrogens with zero attached hydrogens (tertiary/aromatic N) is 2. The highest BCUT2D eigenvalue weighted by Gasteiger charge is 1.97. The highest BCUT2D eigenvalue weighted by atomic mass is 16.1. The molecule has 0 unspecified atom stereocenters. The van der Waals surface area contributed by atoms with E-state index in [2.05, 4.69) is 15.0 Å². The normalized spacial score (nSPS) is 10.4. The van der Waals surface area contributed by atoms with Gasteiger partial charge in [0.1, 0.15) is 0 Å². The van der Waals surface area contributed by atoms with Gasteiger partial charge in [0.25, 0.3) is 0 Å². The van der Waals surface area contributed by atoms with Crippen molar-refractivity contribution in [2.24, 2.45) is 0 Å². The van der Waals surface area contributed by atoms with Gasteiger partial charge >= 0.3 is 5.69 Å². The molecule has 0 aliphatic rings. The molecule has 0 saturated heterocycles. The number of hydrogen-bond donors (Lipinski definition) is 1. The predicted octanol–water partition coefficient (Wildman–Crippen LogP) is 0.627. The van der Waals surface area contributed by atoms with Gasteiger partial charge in [0.05, 0.1) is 5.52 Å². The number of hydrogen-bond acceptors (Lipinski definition) is 3. The summed E-state index contributed by atoms with van der Waals surface area (Å²) < 4.78 is 0. The van der Waals surface area contributed by atoms with Gasteiger partial charge in [0, 0.05) is 23.5 Å².